The number of rotatable bonds is 8. The lowest BCUT2D eigenvalue weighted by Gasteiger charge is -2.23. The first-order valence-corrected chi connectivity index (χ1v) is 8.30. The van der Waals surface area contributed by atoms with Gasteiger partial charge in [0.05, 0.1) is 11.6 Å². The quantitative estimate of drug-likeness (QED) is 0.479. The number of nitrogens with zero attached hydrogens (tertiary/aromatic N) is 1. The summed E-state index contributed by atoms with van der Waals surface area (Å²) in [4.78, 5) is 25.4. The number of carbonyl (C=O) groups excluding carboxylic acids is 2. The lowest BCUT2D eigenvalue weighted by Crippen LogP contribution is -2.51. The molecule has 0 aliphatic carbocycles. The number of para-hydroxylation sites is 1. The highest BCUT2D eigenvalue weighted by Crippen LogP contribution is 2.19. The Balaban J connectivity index is 2.12. The molecule has 2 aromatic carbocycles. The number of carbonyl (C=O) groups is 2. The Morgan fingerprint density at radius 3 is 2.37 bits per heavy atom. The molecule has 0 saturated heterocycles. The fourth-order valence-corrected chi connectivity index (χ4v) is 2.56. The van der Waals surface area contributed by atoms with Crippen LogP contribution in [0.25, 0.3) is 0 Å². The molecule has 0 heterocycles. The Morgan fingerprint density at radius 1 is 1.15 bits per heavy atom. The summed E-state index contributed by atoms with van der Waals surface area (Å²) in [5.74, 6) is -2.97. The van der Waals surface area contributed by atoms with Gasteiger partial charge in [0.2, 0.25) is 5.91 Å². The molecule has 8 heteroatoms. The molecule has 3 N–H and O–H groups in total. The van der Waals surface area contributed by atoms with E-state index in [1.54, 1.807) is 24.3 Å². The third-order valence-corrected chi connectivity index (χ3v) is 3.89. The molecule has 6 nitrogen and oxygen atoms in total. The summed E-state index contributed by atoms with van der Waals surface area (Å²) in [6, 6.07) is 14.5. The van der Waals surface area contributed by atoms with Crippen molar-refractivity contribution in [3.63, 3.8) is 0 Å². The van der Waals surface area contributed by atoms with Gasteiger partial charge >= 0.3 is 7.12 Å². The Hall–Kier alpha value is -2.97. The van der Waals surface area contributed by atoms with Crippen LogP contribution in [0.5, 0.6) is 0 Å². The molecule has 0 aromatic heterocycles. The van der Waals surface area contributed by atoms with Gasteiger partial charge in [-0.05, 0) is 30.2 Å². The molecular weight excluding hydrogens is 350 g/mol. The number of hydrogen-bond acceptors (Lipinski definition) is 4. The van der Waals surface area contributed by atoms with Crippen molar-refractivity contribution in [2.75, 3.05) is 11.4 Å². The number of halogens is 1. The van der Waals surface area contributed by atoms with Crippen LogP contribution in [0.15, 0.2) is 67.3 Å². The molecule has 0 unspecified atom stereocenters. The van der Waals surface area contributed by atoms with Crippen molar-refractivity contribution in [1.82, 2.24) is 5.32 Å². The second-order valence-corrected chi connectivity index (χ2v) is 5.86. The molecule has 0 aliphatic rings. The van der Waals surface area contributed by atoms with E-state index in [-0.39, 0.29) is 12.1 Å². The summed E-state index contributed by atoms with van der Waals surface area (Å²) in [7, 11) is -1.80. The first kappa shape index (κ1) is 20.3. The molecular formula is C19H20BFN2O4. The molecule has 0 radical (unpaired) electrons. The summed E-state index contributed by atoms with van der Waals surface area (Å²) in [5, 5.41) is 21.6. The Labute approximate surface area is 157 Å². The largest absolute Gasteiger partial charge is 0.475 e. The van der Waals surface area contributed by atoms with E-state index >= 15 is 0 Å². The number of nitrogens with one attached hydrogen (secondary N) is 1. The van der Waals surface area contributed by atoms with Gasteiger partial charge in [0.15, 0.2) is 0 Å². The van der Waals surface area contributed by atoms with Crippen molar-refractivity contribution in [2.45, 2.75) is 12.4 Å². The van der Waals surface area contributed by atoms with Crippen LogP contribution in [0.2, 0.25) is 0 Å². The van der Waals surface area contributed by atoms with E-state index in [9.17, 15) is 24.0 Å². The van der Waals surface area contributed by atoms with Crippen LogP contribution in [-0.4, -0.2) is 41.5 Å². The molecule has 0 saturated carbocycles. The summed E-state index contributed by atoms with van der Waals surface area (Å²) in [6.07, 6.45) is 1.15. The highest BCUT2D eigenvalue weighted by molar-refractivity contribution is 6.43. The SMILES string of the molecule is C=CC(=O)N(CC(=O)N[C@@H](Cc1ccccc1)B(O)O)c1ccccc1F. The van der Waals surface area contributed by atoms with Crippen LogP contribution >= 0.6 is 0 Å². The third-order valence-electron chi connectivity index (χ3n) is 3.89. The normalized spacial score (nSPS) is 11.4. The van der Waals surface area contributed by atoms with Crippen LogP contribution < -0.4 is 10.2 Å². The molecule has 27 heavy (non-hydrogen) atoms. The van der Waals surface area contributed by atoms with Gasteiger partial charge in [-0.1, -0.05) is 49.0 Å². The fourth-order valence-electron chi connectivity index (χ4n) is 2.56. The van der Waals surface area contributed by atoms with E-state index in [0.29, 0.717) is 0 Å². The molecule has 0 aliphatic heterocycles. The molecule has 0 fully saturated rings. The molecule has 0 spiro atoms. The lowest BCUT2D eigenvalue weighted by molar-refractivity contribution is -0.122. The van der Waals surface area contributed by atoms with Crippen molar-refractivity contribution in [1.29, 1.82) is 0 Å². The van der Waals surface area contributed by atoms with E-state index in [0.717, 1.165) is 16.5 Å². The second kappa shape index (κ2) is 9.66. The average molecular weight is 370 g/mol. The van der Waals surface area contributed by atoms with Crippen molar-refractivity contribution < 1.29 is 24.0 Å². The van der Waals surface area contributed by atoms with Gasteiger partial charge < -0.3 is 15.4 Å². The molecule has 2 amide bonds. The molecule has 2 rings (SSSR count). The third kappa shape index (κ3) is 5.77. The predicted molar refractivity (Wildman–Crippen MR) is 101 cm³/mol. The van der Waals surface area contributed by atoms with Crippen LogP contribution in [0, 0.1) is 5.82 Å². The van der Waals surface area contributed by atoms with E-state index in [2.05, 4.69) is 11.9 Å². The highest BCUT2D eigenvalue weighted by Gasteiger charge is 2.27. The summed E-state index contributed by atoms with van der Waals surface area (Å²) in [5.41, 5.74) is 0.728. The standard InChI is InChI=1S/C19H20BFN2O4/c1-2-19(25)23(16-11-7-6-10-15(16)21)13-18(24)22-17(20(26)27)12-14-8-4-3-5-9-14/h2-11,17,26-27H,1,12-13H2,(H,22,24)/t17-/m0/s1. The zero-order valence-corrected chi connectivity index (χ0v) is 14.6. The van der Waals surface area contributed by atoms with Crippen LogP contribution in [0.3, 0.4) is 0 Å². The predicted octanol–water partition coefficient (Wildman–Crippen LogP) is 1.08. The lowest BCUT2D eigenvalue weighted by atomic mass is 9.76. The first-order chi connectivity index (χ1) is 12.9. The molecule has 1 atom stereocenters. The van der Waals surface area contributed by atoms with E-state index in [1.807, 2.05) is 6.07 Å². The van der Waals surface area contributed by atoms with E-state index in [1.165, 1.54) is 24.3 Å². The minimum Gasteiger partial charge on any atom is -0.426 e. The maximum Gasteiger partial charge on any atom is 0.475 e. The van der Waals surface area contributed by atoms with Crippen molar-refractivity contribution in [3.05, 3.63) is 78.6 Å². The van der Waals surface area contributed by atoms with E-state index < -0.39 is 37.2 Å². The average Bonchev–Trinajstić information content (AvgIpc) is 2.66. The fraction of sp³-hybridized carbons (Fsp3) is 0.158. The van der Waals surface area contributed by atoms with Crippen molar-refractivity contribution in [2.24, 2.45) is 0 Å². The summed E-state index contributed by atoms with van der Waals surface area (Å²) in [6.45, 7) is 2.87. The zero-order valence-electron chi connectivity index (χ0n) is 14.6. The summed E-state index contributed by atoms with van der Waals surface area (Å²) >= 11 is 0. The van der Waals surface area contributed by atoms with Gasteiger partial charge in [0, 0.05) is 0 Å². The smallest absolute Gasteiger partial charge is 0.426 e. The topological polar surface area (TPSA) is 89.9 Å². The maximum atomic E-state index is 14.0. The zero-order chi connectivity index (χ0) is 19.8. The van der Waals surface area contributed by atoms with Gasteiger partial charge in [-0.2, -0.15) is 0 Å². The maximum absolute atomic E-state index is 14.0. The first-order valence-electron chi connectivity index (χ1n) is 8.30. The Kier molecular flexibility index (Phi) is 7.28. The number of hydrogen-bond donors (Lipinski definition) is 3. The van der Waals surface area contributed by atoms with Gasteiger partial charge in [-0.15, -0.1) is 0 Å². The Bertz CT molecular complexity index is 801. The highest BCUT2D eigenvalue weighted by atomic mass is 19.1. The summed E-state index contributed by atoms with van der Waals surface area (Å²) < 4.78 is 14.0. The minimum absolute atomic E-state index is 0.0679. The van der Waals surface area contributed by atoms with Crippen molar-refractivity contribution >= 4 is 24.6 Å². The van der Waals surface area contributed by atoms with Crippen molar-refractivity contribution in [3.8, 4) is 0 Å². The van der Waals surface area contributed by atoms with Gasteiger partial charge in [-0.3, -0.25) is 14.5 Å². The van der Waals surface area contributed by atoms with Crippen LogP contribution in [0.4, 0.5) is 10.1 Å². The molecule has 0 bridgehead atoms. The minimum atomic E-state index is -1.80. The van der Waals surface area contributed by atoms with Crippen LogP contribution in [-0.2, 0) is 16.0 Å². The Morgan fingerprint density at radius 2 is 1.78 bits per heavy atom. The van der Waals surface area contributed by atoms with Gasteiger partial charge in [-0.25, -0.2) is 4.39 Å². The number of amides is 2. The van der Waals surface area contributed by atoms with Crippen LogP contribution in [0.1, 0.15) is 5.56 Å². The monoisotopic (exact) mass is 370 g/mol. The molecule has 2 aromatic rings. The number of benzene rings is 2. The number of anilines is 1. The molecule has 140 valence electrons. The van der Waals surface area contributed by atoms with Gasteiger partial charge in [0.25, 0.3) is 5.91 Å². The van der Waals surface area contributed by atoms with E-state index in [4.69, 9.17) is 0 Å². The second-order valence-electron chi connectivity index (χ2n) is 5.86. The van der Waals surface area contributed by atoms with Gasteiger partial charge in [0.1, 0.15) is 12.4 Å².